The van der Waals surface area contributed by atoms with Gasteiger partial charge in [0.1, 0.15) is 11.6 Å². The number of alkyl halides is 3. The lowest BCUT2D eigenvalue weighted by Gasteiger charge is -2.36. The summed E-state index contributed by atoms with van der Waals surface area (Å²) in [5, 5.41) is 1.75. The van der Waals surface area contributed by atoms with Gasteiger partial charge in [0.2, 0.25) is 0 Å². The molecule has 0 bridgehead atoms. The molecule has 0 radical (unpaired) electrons. The van der Waals surface area contributed by atoms with Gasteiger partial charge in [-0.05, 0) is 30.7 Å². The van der Waals surface area contributed by atoms with Crippen LogP contribution in [0.1, 0.15) is 12.5 Å². The van der Waals surface area contributed by atoms with Gasteiger partial charge in [-0.25, -0.2) is 9.18 Å². The molecular formula is C12H9F4NO2. The van der Waals surface area contributed by atoms with E-state index in [1.54, 1.807) is 5.32 Å². The monoisotopic (exact) mass is 275 g/mol. The maximum Gasteiger partial charge on any atom is 0.419 e. The molecule has 7 heteroatoms. The molecule has 1 N–H and O–H groups in total. The molecule has 1 aliphatic rings. The lowest BCUT2D eigenvalue weighted by molar-refractivity contribution is -0.185. The molecule has 1 aromatic rings. The fourth-order valence-electron chi connectivity index (χ4n) is 1.89. The van der Waals surface area contributed by atoms with Gasteiger partial charge in [-0.2, -0.15) is 13.2 Å². The van der Waals surface area contributed by atoms with Gasteiger partial charge in [-0.1, -0.05) is 12.1 Å². The summed E-state index contributed by atoms with van der Waals surface area (Å²) < 4.78 is 57.3. The molecule has 1 aromatic carbocycles. The predicted molar refractivity (Wildman–Crippen MR) is 57.5 cm³/mol. The van der Waals surface area contributed by atoms with Crippen LogP contribution in [0.3, 0.4) is 0 Å². The average Bonchev–Trinajstić information content (AvgIpc) is 2.26. The molecule has 2 rings (SSSR count). The van der Waals surface area contributed by atoms with E-state index in [4.69, 9.17) is 0 Å². The quantitative estimate of drug-likeness (QED) is 0.799. The topological polar surface area (TPSA) is 38.3 Å². The Morgan fingerprint density at radius 1 is 1.21 bits per heavy atom. The van der Waals surface area contributed by atoms with Crippen LogP contribution in [0.25, 0.3) is 0 Å². The van der Waals surface area contributed by atoms with Crippen LogP contribution >= 0.6 is 0 Å². The Labute approximate surface area is 105 Å². The lowest BCUT2D eigenvalue weighted by atomic mass is 9.87. The van der Waals surface area contributed by atoms with E-state index >= 15 is 0 Å². The van der Waals surface area contributed by atoms with Gasteiger partial charge in [0, 0.05) is 0 Å². The lowest BCUT2D eigenvalue weighted by Crippen LogP contribution is -2.57. The van der Waals surface area contributed by atoms with Crippen molar-refractivity contribution < 1.29 is 27.1 Å². The van der Waals surface area contributed by atoms with Crippen molar-refractivity contribution in [3.63, 3.8) is 0 Å². The number of rotatable bonds is 1. The zero-order chi connectivity index (χ0) is 14.3. The van der Waals surface area contributed by atoms with Crippen LogP contribution in [0.15, 0.2) is 36.1 Å². The van der Waals surface area contributed by atoms with Crippen LogP contribution in [-0.4, -0.2) is 12.3 Å². The molecule has 19 heavy (non-hydrogen) atoms. The average molecular weight is 275 g/mol. The van der Waals surface area contributed by atoms with Gasteiger partial charge >= 0.3 is 12.3 Å². The minimum absolute atomic E-state index is 0.176. The van der Waals surface area contributed by atoms with Gasteiger partial charge in [0.15, 0.2) is 5.54 Å². The van der Waals surface area contributed by atoms with E-state index in [-0.39, 0.29) is 11.3 Å². The second-order valence-corrected chi connectivity index (χ2v) is 4.08. The fraction of sp³-hybridized carbons (Fsp3) is 0.250. The van der Waals surface area contributed by atoms with Crippen molar-refractivity contribution in [3.05, 3.63) is 47.5 Å². The summed E-state index contributed by atoms with van der Waals surface area (Å²) >= 11 is 0. The normalized spacial score (nSPS) is 23.4. The Morgan fingerprint density at radius 2 is 1.79 bits per heavy atom. The van der Waals surface area contributed by atoms with Crippen molar-refractivity contribution in [2.24, 2.45) is 0 Å². The number of hydrogen-bond donors (Lipinski definition) is 1. The number of alkyl carbamates (subject to hydrolysis) is 1. The van der Waals surface area contributed by atoms with Crippen molar-refractivity contribution in [1.82, 2.24) is 5.32 Å². The minimum atomic E-state index is -4.79. The number of ether oxygens (including phenoxy) is 1. The Bertz CT molecular complexity index is 536. The first-order chi connectivity index (χ1) is 8.74. The second-order valence-electron chi connectivity index (χ2n) is 4.08. The number of carbonyl (C=O) groups excluding carboxylic acids is 1. The van der Waals surface area contributed by atoms with Crippen LogP contribution < -0.4 is 5.32 Å². The van der Waals surface area contributed by atoms with E-state index in [1.807, 2.05) is 0 Å². The van der Waals surface area contributed by atoms with E-state index in [0.717, 1.165) is 30.3 Å². The second kappa shape index (κ2) is 4.25. The highest BCUT2D eigenvalue weighted by Crippen LogP contribution is 2.42. The van der Waals surface area contributed by atoms with Gasteiger partial charge in [-0.3, -0.25) is 5.32 Å². The molecule has 0 spiro atoms. The summed E-state index contributed by atoms with van der Waals surface area (Å²) in [7, 11) is 0. The largest absolute Gasteiger partial charge is 0.419 e. The van der Waals surface area contributed by atoms with Gasteiger partial charge in [0.05, 0.1) is 0 Å². The first-order valence-electron chi connectivity index (χ1n) is 5.27. The fourth-order valence-corrected chi connectivity index (χ4v) is 1.89. The van der Waals surface area contributed by atoms with Crippen LogP contribution in [0.4, 0.5) is 22.4 Å². The summed E-state index contributed by atoms with van der Waals surface area (Å²) in [6.07, 6.45) is -5.24. The molecule has 0 fully saturated rings. The first-order valence-corrected chi connectivity index (χ1v) is 5.27. The molecule has 3 nitrogen and oxygen atoms in total. The number of nitrogens with one attached hydrogen (secondary N) is 1. The molecule has 1 heterocycles. The highest BCUT2D eigenvalue weighted by atomic mass is 19.4. The molecule has 0 unspecified atom stereocenters. The van der Waals surface area contributed by atoms with Crippen molar-refractivity contribution in [1.29, 1.82) is 0 Å². The van der Waals surface area contributed by atoms with E-state index in [1.165, 1.54) is 6.92 Å². The van der Waals surface area contributed by atoms with E-state index in [9.17, 15) is 22.4 Å². The third-order valence-electron chi connectivity index (χ3n) is 2.72. The predicted octanol–water partition coefficient (Wildman–Crippen LogP) is 3.23. The highest BCUT2D eigenvalue weighted by Gasteiger charge is 2.57. The summed E-state index contributed by atoms with van der Waals surface area (Å²) in [5.41, 5.74) is -3.00. The summed E-state index contributed by atoms with van der Waals surface area (Å²) in [6, 6.07) is 3.73. The maximum atomic E-state index is 13.3. The van der Waals surface area contributed by atoms with Crippen molar-refractivity contribution >= 4 is 6.09 Å². The molecule has 0 saturated carbocycles. The Kier molecular flexibility index (Phi) is 3.00. The van der Waals surface area contributed by atoms with Crippen LogP contribution in [0.5, 0.6) is 0 Å². The molecule has 0 aliphatic carbocycles. The summed E-state index contributed by atoms with van der Waals surface area (Å²) in [4.78, 5) is 11.2. The third-order valence-corrected chi connectivity index (χ3v) is 2.72. The van der Waals surface area contributed by atoms with E-state index in [0.29, 0.717) is 0 Å². The zero-order valence-corrected chi connectivity index (χ0v) is 9.72. The first kappa shape index (κ1) is 13.4. The van der Waals surface area contributed by atoms with Gasteiger partial charge in [-0.15, -0.1) is 0 Å². The number of cyclic esters (lactones) is 1. The molecular weight excluding hydrogens is 266 g/mol. The number of benzene rings is 1. The van der Waals surface area contributed by atoms with Gasteiger partial charge in [0.25, 0.3) is 0 Å². The van der Waals surface area contributed by atoms with Crippen LogP contribution in [0.2, 0.25) is 0 Å². The number of amides is 1. The smallest absolute Gasteiger partial charge is 0.415 e. The Hall–Kier alpha value is -2.05. The van der Waals surface area contributed by atoms with Gasteiger partial charge < -0.3 is 4.74 Å². The maximum absolute atomic E-state index is 13.3. The van der Waals surface area contributed by atoms with Crippen molar-refractivity contribution in [3.8, 4) is 0 Å². The number of carbonyl (C=O) groups is 1. The van der Waals surface area contributed by atoms with Crippen molar-refractivity contribution in [2.75, 3.05) is 0 Å². The van der Waals surface area contributed by atoms with E-state index in [2.05, 4.69) is 4.74 Å². The van der Waals surface area contributed by atoms with Crippen LogP contribution in [-0.2, 0) is 10.3 Å². The Balaban J connectivity index is 2.62. The van der Waals surface area contributed by atoms with Crippen molar-refractivity contribution in [2.45, 2.75) is 18.6 Å². The SMILES string of the molecule is CC1=C[C@](c2ccc(F)cc2)(C(F)(F)F)NC(=O)O1. The standard InChI is InChI=1S/C12H9F4NO2/c1-7-6-11(12(14,15)16,17-10(18)19-7)8-2-4-9(13)5-3-8/h2-6H,1H3,(H,17,18)/t11-/m0/s1. The Morgan fingerprint density at radius 3 is 2.26 bits per heavy atom. The minimum Gasteiger partial charge on any atom is -0.415 e. The number of allylic oxidation sites excluding steroid dienone is 1. The molecule has 1 amide bonds. The highest BCUT2D eigenvalue weighted by molar-refractivity contribution is 5.72. The third kappa shape index (κ3) is 2.27. The number of hydrogen-bond acceptors (Lipinski definition) is 2. The molecule has 1 atom stereocenters. The molecule has 1 aliphatic heterocycles. The number of halogens is 4. The van der Waals surface area contributed by atoms with Crippen LogP contribution in [0, 0.1) is 5.82 Å². The summed E-state index contributed by atoms with van der Waals surface area (Å²) in [6.45, 7) is 1.24. The molecule has 102 valence electrons. The van der Waals surface area contributed by atoms with E-state index < -0.39 is 23.6 Å². The zero-order valence-electron chi connectivity index (χ0n) is 9.72. The molecule has 0 saturated heterocycles. The molecule has 0 aromatic heterocycles. The summed E-state index contributed by atoms with van der Waals surface area (Å²) in [5.74, 6) is -0.842.